The Balaban J connectivity index is 2.35. The van der Waals surface area contributed by atoms with Gasteiger partial charge in [-0.15, -0.1) is 11.3 Å². The third kappa shape index (κ3) is 2.49. The van der Waals surface area contributed by atoms with Crippen LogP contribution in [0.25, 0.3) is 10.1 Å². The van der Waals surface area contributed by atoms with E-state index in [1.54, 1.807) is 11.3 Å². The Morgan fingerprint density at radius 1 is 1.33 bits per heavy atom. The maximum atomic E-state index is 5.28. The molecule has 0 saturated carbocycles. The van der Waals surface area contributed by atoms with Crippen molar-refractivity contribution in [3.63, 3.8) is 0 Å². The van der Waals surface area contributed by atoms with E-state index >= 15 is 0 Å². The highest BCUT2D eigenvalue weighted by Gasteiger charge is 2.01. The summed E-state index contributed by atoms with van der Waals surface area (Å²) in [6, 6.07) is 8.31. The topological polar surface area (TPSA) is 64.4 Å². The molecule has 0 atom stereocenters. The third-order valence-corrected chi connectivity index (χ3v) is 3.54. The molecule has 0 saturated heterocycles. The van der Waals surface area contributed by atoms with E-state index in [4.69, 9.17) is 11.5 Å². The van der Waals surface area contributed by atoms with Crippen molar-refractivity contribution < 1.29 is 0 Å². The van der Waals surface area contributed by atoms with Gasteiger partial charge in [0.25, 0.3) is 0 Å². The predicted octanol–water partition coefficient (Wildman–Crippen LogP) is 2.44. The summed E-state index contributed by atoms with van der Waals surface area (Å²) in [4.78, 5) is 5.15. The van der Waals surface area contributed by atoms with Crippen LogP contribution in [0.2, 0.25) is 0 Å². The van der Waals surface area contributed by atoms with E-state index in [9.17, 15) is 0 Å². The van der Waals surface area contributed by atoms with Gasteiger partial charge in [-0.3, -0.25) is 0 Å². The van der Waals surface area contributed by atoms with Crippen molar-refractivity contribution in [2.24, 2.45) is 16.5 Å². The van der Waals surface area contributed by atoms with Crippen LogP contribution in [0.5, 0.6) is 0 Å². The van der Waals surface area contributed by atoms with Crippen molar-refractivity contribution >= 4 is 43.3 Å². The summed E-state index contributed by atoms with van der Waals surface area (Å²) in [6.45, 7) is 0.555. The highest BCUT2D eigenvalue weighted by atomic mass is 79.9. The zero-order valence-corrected chi connectivity index (χ0v) is 10.3. The van der Waals surface area contributed by atoms with E-state index in [1.165, 1.54) is 10.1 Å². The van der Waals surface area contributed by atoms with Crippen molar-refractivity contribution in [2.45, 2.75) is 6.54 Å². The molecule has 0 radical (unpaired) electrons. The molecule has 4 N–H and O–H groups in total. The number of nitrogens with two attached hydrogens (primary N) is 2. The lowest BCUT2D eigenvalue weighted by atomic mass is 10.2. The number of thiophene rings is 1. The fraction of sp³-hybridized carbons (Fsp3) is 0.100. The molecule has 2 aromatic rings. The smallest absolute Gasteiger partial charge is 0.186 e. The van der Waals surface area contributed by atoms with Gasteiger partial charge in [-0.2, -0.15) is 0 Å². The fourth-order valence-electron chi connectivity index (χ4n) is 1.32. The van der Waals surface area contributed by atoms with Crippen molar-refractivity contribution in [1.82, 2.24) is 0 Å². The van der Waals surface area contributed by atoms with E-state index < -0.39 is 0 Å². The van der Waals surface area contributed by atoms with E-state index in [2.05, 4.69) is 39.1 Å². The Morgan fingerprint density at radius 2 is 2.13 bits per heavy atom. The van der Waals surface area contributed by atoms with Gasteiger partial charge in [0.1, 0.15) is 0 Å². The van der Waals surface area contributed by atoms with Crippen LogP contribution < -0.4 is 11.5 Å². The highest BCUT2D eigenvalue weighted by Crippen LogP contribution is 2.28. The second-order valence-corrected chi connectivity index (χ2v) is 5.22. The van der Waals surface area contributed by atoms with E-state index in [0.29, 0.717) is 6.54 Å². The van der Waals surface area contributed by atoms with Crippen molar-refractivity contribution in [3.05, 3.63) is 33.6 Å². The molecule has 0 fully saturated rings. The molecular formula is C10H10BrN3S. The van der Waals surface area contributed by atoms with Crippen LogP contribution in [0.1, 0.15) is 4.88 Å². The average molecular weight is 284 g/mol. The van der Waals surface area contributed by atoms with E-state index in [1.807, 2.05) is 6.07 Å². The standard InChI is InChI=1S/C10H10BrN3S/c11-7-1-2-9-6(3-7)4-8(15-9)5-14-10(12)13/h1-4H,5H2,(H4,12,13,14). The van der Waals surface area contributed by atoms with Gasteiger partial charge >= 0.3 is 0 Å². The monoisotopic (exact) mass is 283 g/mol. The van der Waals surface area contributed by atoms with Crippen LogP contribution in [0.15, 0.2) is 33.7 Å². The van der Waals surface area contributed by atoms with Gasteiger partial charge in [-0.1, -0.05) is 15.9 Å². The largest absolute Gasteiger partial charge is 0.370 e. The lowest BCUT2D eigenvalue weighted by Crippen LogP contribution is -2.22. The second kappa shape index (κ2) is 4.20. The van der Waals surface area contributed by atoms with Crippen LogP contribution >= 0.6 is 27.3 Å². The number of rotatable bonds is 2. The fourth-order valence-corrected chi connectivity index (χ4v) is 2.66. The molecule has 0 amide bonds. The maximum Gasteiger partial charge on any atom is 0.186 e. The lowest BCUT2D eigenvalue weighted by molar-refractivity contribution is 1.09. The SMILES string of the molecule is NC(N)=NCc1cc2cc(Br)ccc2s1. The number of nitrogens with zero attached hydrogens (tertiary/aromatic N) is 1. The van der Waals surface area contributed by atoms with E-state index in [0.717, 1.165) is 9.35 Å². The Labute approximate surface area is 99.9 Å². The third-order valence-electron chi connectivity index (χ3n) is 1.95. The number of fused-ring (bicyclic) bond motifs is 1. The number of guanidine groups is 1. The molecule has 0 aliphatic carbocycles. The van der Waals surface area contributed by atoms with Crippen LogP contribution in [0.3, 0.4) is 0 Å². The highest BCUT2D eigenvalue weighted by molar-refractivity contribution is 9.10. The van der Waals surface area contributed by atoms with Gasteiger partial charge in [0.2, 0.25) is 0 Å². The first-order chi connectivity index (χ1) is 7.15. The summed E-state index contributed by atoms with van der Waals surface area (Å²) in [5.74, 6) is 0.133. The number of aliphatic imine (C=N–C) groups is 1. The van der Waals surface area contributed by atoms with Gasteiger partial charge < -0.3 is 11.5 Å². The quantitative estimate of drug-likeness (QED) is 0.657. The summed E-state index contributed by atoms with van der Waals surface area (Å²) in [5.41, 5.74) is 10.6. The number of benzene rings is 1. The van der Waals surface area contributed by atoms with Gasteiger partial charge in [0.05, 0.1) is 6.54 Å². The maximum absolute atomic E-state index is 5.28. The molecular weight excluding hydrogens is 274 g/mol. The predicted molar refractivity (Wildman–Crippen MR) is 69.0 cm³/mol. The molecule has 78 valence electrons. The van der Waals surface area contributed by atoms with Gasteiger partial charge in [0.15, 0.2) is 5.96 Å². The molecule has 3 nitrogen and oxygen atoms in total. The summed E-state index contributed by atoms with van der Waals surface area (Å²) < 4.78 is 2.33. The van der Waals surface area contributed by atoms with Gasteiger partial charge in [-0.05, 0) is 29.7 Å². The minimum absolute atomic E-state index is 0.133. The summed E-state index contributed by atoms with van der Waals surface area (Å²) in [5, 5.41) is 1.22. The first-order valence-corrected chi connectivity index (χ1v) is 5.99. The van der Waals surface area contributed by atoms with Crippen molar-refractivity contribution in [2.75, 3.05) is 0 Å². The molecule has 2 rings (SSSR count). The molecule has 1 aromatic carbocycles. The normalized spacial score (nSPS) is 10.5. The van der Waals surface area contributed by atoms with Gasteiger partial charge in [0, 0.05) is 14.0 Å². The zero-order chi connectivity index (χ0) is 10.8. The summed E-state index contributed by atoms with van der Waals surface area (Å²) >= 11 is 5.15. The molecule has 0 unspecified atom stereocenters. The number of halogens is 1. The van der Waals surface area contributed by atoms with Crippen LogP contribution in [-0.2, 0) is 6.54 Å². The summed E-state index contributed by atoms with van der Waals surface area (Å²) in [6.07, 6.45) is 0. The van der Waals surface area contributed by atoms with E-state index in [-0.39, 0.29) is 5.96 Å². The Bertz CT molecular complexity index is 514. The number of hydrogen-bond acceptors (Lipinski definition) is 2. The minimum Gasteiger partial charge on any atom is -0.370 e. The molecule has 0 spiro atoms. The van der Waals surface area contributed by atoms with Crippen LogP contribution in [0.4, 0.5) is 0 Å². The molecule has 0 aliphatic rings. The first-order valence-electron chi connectivity index (χ1n) is 4.38. The Kier molecular flexibility index (Phi) is 2.93. The molecule has 15 heavy (non-hydrogen) atoms. The Hall–Kier alpha value is -1.07. The zero-order valence-electron chi connectivity index (χ0n) is 7.90. The molecule has 0 aliphatic heterocycles. The van der Waals surface area contributed by atoms with Gasteiger partial charge in [-0.25, -0.2) is 4.99 Å². The lowest BCUT2D eigenvalue weighted by Gasteiger charge is -1.89. The molecule has 1 heterocycles. The Morgan fingerprint density at radius 3 is 2.87 bits per heavy atom. The van der Waals surface area contributed by atoms with Crippen LogP contribution in [0, 0.1) is 0 Å². The van der Waals surface area contributed by atoms with Crippen LogP contribution in [-0.4, -0.2) is 5.96 Å². The van der Waals surface area contributed by atoms with Crippen molar-refractivity contribution in [3.8, 4) is 0 Å². The molecule has 5 heteroatoms. The summed E-state index contributed by atoms with van der Waals surface area (Å²) in [7, 11) is 0. The number of hydrogen-bond donors (Lipinski definition) is 2. The minimum atomic E-state index is 0.133. The molecule has 1 aromatic heterocycles. The van der Waals surface area contributed by atoms with Crippen molar-refractivity contribution in [1.29, 1.82) is 0 Å². The second-order valence-electron chi connectivity index (χ2n) is 3.14. The first kappa shape index (κ1) is 10.4. The average Bonchev–Trinajstić information content (AvgIpc) is 2.56. The molecule has 0 bridgehead atoms.